The van der Waals surface area contributed by atoms with Gasteiger partial charge < -0.3 is 4.74 Å². The summed E-state index contributed by atoms with van der Waals surface area (Å²) in [5.41, 5.74) is 2.13. The maximum Gasteiger partial charge on any atom is 0.144 e. The van der Waals surface area contributed by atoms with Crippen LogP contribution in [0.25, 0.3) is 16.9 Å². The molecule has 0 saturated heterocycles. The lowest BCUT2D eigenvalue weighted by Crippen LogP contribution is -1.91. The molecular formula is C14H11BrN2O. The summed E-state index contributed by atoms with van der Waals surface area (Å²) < 4.78 is 8.34. The highest BCUT2D eigenvalue weighted by molar-refractivity contribution is 9.10. The van der Waals surface area contributed by atoms with Gasteiger partial charge in [-0.05, 0) is 24.3 Å². The highest BCUT2D eigenvalue weighted by atomic mass is 79.9. The Morgan fingerprint density at radius 2 is 1.89 bits per heavy atom. The second-order valence-corrected chi connectivity index (χ2v) is 4.87. The molecule has 0 spiro atoms. The predicted octanol–water partition coefficient (Wildman–Crippen LogP) is 3.77. The molecule has 18 heavy (non-hydrogen) atoms. The molecule has 0 atom stereocenters. The van der Waals surface area contributed by atoms with Crippen LogP contribution in [0.4, 0.5) is 0 Å². The first-order valence-electron chi connectivity index (χ1n) is 5.55. The van der Waals surface area contributed by atoms with E-state index in [1.807, 2.05) is 53.2 Å². The molecule has 3 nitrogen and oxygen atoms in total. The number of pyridine rings is 1. The lowest BCUT2D eigenvalue weighted by molar-refractivity contribution is 0.412. The van der Waals surface area contributed by atoms with Gasteiger partial charge in [0, 0.05) is 10.0 Å². The smallest absolute Gasteiger partial charge is 0.144 e. The maximum atomic E-state index is 5.25. The number of benzene rings is 1. The van der Waals surface area contributed by atoms with Gasteiger partial charge in [0.2, 0.25) is 0 Å². The van der Waals surface area contributed by atoms with Gasteiger partial charge >= 0.3 is 0 Å². The van der Waals surface area contributed by atoms with Crippen molar-refractivity contribution in [2.24, 2.45) is 0 Å². The van der Waals surface area contributed by atoms with E-state index in [0.717, 1.165) is 27.1 Å². The van der Waals surface area contributed by atoms with Crippen LogP contribution in [0.1, 0.15) is 0 Å². The summed E-state index contributed by atoms with van der Waals surface area (Å²) in [6.07, 6.45) is 3.80. The van der Waals surface area contributed by atoms with Gasteiger partial charge in [-0.2, -0.15) is 0 Å². The zero-order chi connectivity index (χ0) is 12.5. The number of rotatable bonds is 2. The van der Waals surface area contributed by atoms with Gasteiger partial charge in [0.1, 0.15) is 11.6 Å². The Bertz CT molecular complexity index is 689. The quantitative estimate of drug-likeness (QED) is 0.720. The van der Waals surface area contributed by atoms with Gasteiger partial charge in [-0.25, -0.2) is 4.98 Å². The van der Waals surface area contributed by atoms with Gasteiger partial charge in [0.05, 0.1) is 25.0 Å². The van der Waals surface area contributed by atoms with E-state index in [1.54, 1.807) is 7.11 Å². The van der Waals surface area contributed by atoms with Crippen LogP contribution in [-0.2, 0) is 0 Å². The van der Waals surface area contributed by atoms with Crippen LogP contribution >= 0.6 is 15.9 Å². The minimum absolute atomic E-state index is 0.818. The Morgan fingerprint density at radius 3 is 2.61 bits per heavy atom. The van der Waals surface area contributed by atoms with E-state index < -0.39 is 0 Å². The van der Waals surface area contributed by atoms with E-state index in [4.69, 9.17) is 4.74 Å². The van der Waals surface area contributed by atoms with E-state index in [-0.39, 0.29) is 0 Å². The molecule has 1 aromatic carbocycles. The highest BCUT2D eigenvalue weighted by Gasteiger charge is 2.06. The van der Waals surface area contributed by atoms with E-state index >= 15 is 0 Å². The molecule has 0 unspecified atom stereocenters. The fourth-order valence-electron chi connectivity index (χ4n) is 1.90. The van der Waals surface area contributed by atoms with E-state index in [0.29, 0.717) is 0 Å². The molecule has 0 aliphatic carbocycles. The van der Waals surface area contributed by atoms with Crippen molar-refractivity contribution in [3.63, 3.8) is 0 Å². The largest absolute Gasteiger partial charge is 0.495 e. The van der Waals surface area contributed by atoms with Crippen molar-refractivity contribution in [3.05, 3.63) is 53.3 Å². The van der Waals surface area contributed by atoms with Crippen molar-refractivity contribution < 1.29 is 4.74 Å². The summed E-state index contributed by atoms with van der Waals surface area (Å²) in [5, 5.41) is 0. The molecule has 0 radical (unpaired) electrons. The molecule has 0 amide bonds. The Balaban J connectivity index is 2.19. The lowest BCUT2D eigenvalue weighted by Gasteiger charge is -2.04. The minimum atomic E-state index is 0.818. The third-order valence-electron chi connectivity index (χ3n) is 2.84. The number of aromatic nitrogens is 2. The highest BCUT2D eigenvalue weighted by Crippen LogP contribution is 2.23. The topological polar surface area (TPSA) is 26.5 Å². The lowest BCUT2D eigenvalue weighted by atomic mass is 10.2. The van der Waals surface area contributed by atoms with Crippen LogP contribution in [0, 0.1) is 0 Å². The van der Waals surface area contributed by atoms with E-state index in [2.05, 4.69) is 20.9 Å². The van der Waals surface area contributed by atoms with Crippen molar-refractivity contribution in [1.29, 1.82) is 0 Å². The molecule has 0 aliphatic rings. The molecule has 90 valence electrons. The number of imidazole rings is 1. The first-order chi connectivity index (χ1) is 8.78. The molecule has 3 aromatic rings. The SMILES string of the molecule is COc1ccc2cnc(-c3ccc(Br)cc3)n2c1. The number of nitrogens with zero attached hydrogens (tertiary/aromatic N) is 2. The van der Waals surface area contributed by atoms with Crippen LogP contribution < -0.4 is 4.74 Å². The molecule has 4 heteroatoms. The third kappa shape index (κ3) is 1.88. The van der Waals surface area contributed by atoms with Crippen LogP contribution in [0.15, 0.2) is 53.3 Å². The van der Waals surface area contributed by atoms with Crippen molar-refractivity contribution in [2.45, 2.75) is 0 Å². The maximum absolute atomic E-state index is 5.25. The van der Waals surface area contributed by atoms with Gasteiger partial charge in [-0.15, -0.1) is 0 Å². The zero-order valence-electron chi connectivity index (χ0n) is 9.80. The summed E-state index contributed by atoms with van der Waals surface area (Å²) in [7, 11) is 1.66. The summed E-state index contributed by atoms with van der Waals surface area (Å²) in [6.45, 7) is 0. The average Bonchev–Trinajstić information content (AvgIpc) is 2.82. The Morgan fingerprint density at radius 1 is 1.11 bits per heavy atom. The molecular weight excluding hydrogens is 292 g/mol. The number of ether oxygens (including phenoxy) is 1. The summed E-state index contributed by atoms with van der Waals surface area (Å²) in [5.74, 6) is 1.73. The monoisotopic (exact) mass is 302 g/mol. The Kier molecular flexibility index (Phi) is 2.80. The van der Waals surface area contributed by atoms with Crippen molar-refractivity contribution in [2.75, 3.05) is 7.11 Å². The Hall–Kier alpha value is -1.81. The predicted molar refractivity (Wildman–Crippen MR) is 74.9 cm³/mol. The van der Waals surface area contributed by atoms with Crippen LogP contribution in [0.5, 0.6) is 5.75 Å². The molecule has 3 rings (SSSR count). The van der Waals surface area contributed by atoms with Gasteiger partial charge in [-0.1, -0.05) is 28.1 Å². The van der Waals surface area contributed by atoms with Gasteiger partial charge in [0.15, 0.2) is 0 Å². The number of methoxy groups -OCH3 is 1. The van der Waals surface area contributed by atoms with Crippen LogP contribution in [-0.4, -0.2) is 16.5 Å². The molecule has 0 saturated carbocycles. The molecule has 2 aromatic heterocycles. The van der Waals surface area contributed by atoms with E-state index in [1.165, 1.54) is 0 Å². The first kappa shape index (κ1) is 11.3. The molecule has 0 aliphatic heterocycles. The first-order valence-corrected chi connectivity index (χ1v) is 6.34. The third-order valence-corrected chi connectivity index (χ3v) is 3.37. The van der Waals surface area contributed by atoms with Gasteiger partial charge in [-0.3, -0.25) is 4.40 Å². The fraction of sp³-hybridized carbons (Fsp3) is 0.0714. The number of hydrogen-bond acceptors (Lipinski definition) is 2. The van der Waals surface area contributed by atoms with E-state index in [9.17, 15) is 0 Å². The Labute approximate surface area is 113 Å². The molecule has 0 bridgehead atoms. The summed E-state index contributed by atoms with van der Waals surface area (Å²) in [6, 6.07) is 12.0. The van der Waals surface area contributed by atoms with Crippen molar-refractivity contribution >= 4 is 21.4 Å². The number of fused-ring (bicyclic) bond motifs is 1. The fourth-order valence-corrected chi connectivity index (χ4v) is 2.17. The second kappa shape index (κ2) is 4.46. The van der Waals surface area contributed by atoms with Crippen LogP contribution in [0.2, 0.25) is 0 Å². The summed E-state index contributed by atoms with van der Waals surface area (Å²) >= 11 is 3.43. The van der Waals surface area contributed by atoms with Gasteiger partial charge in [0.25, 0.3) is 0 Å². The minimum Gasteiger partial charge on any atom is -0.495 e. The molecule has 0 fully saturated rings. The standard InChI is InChI=1S/C14H11BrN2O/c1-18-13-7-6-12-8-16-14(17(12)9-13)10-2-4-11(15)5-3-10/h2-9H,1H3. The number of hydrogen-bond donors (Lipinski definition) is 0. The average molecular weight is 303 g/mol. The summed E-state index contributed by atoms with van der Waals surface area (Å²) in [4.78, 5) is 4.46. The van der Waals surface area contributed by atoms with Crippen molar-refractivity contribution in [3.8, 4) is 17.1 Å². The van der Waals surface area contributed by atoms with Crippen LogP contribution in [0.3, 0.4) is 0 Å². The molecule has 0 N–H and O–H groups in total. The zero-order valence-corrected chi connectivity index (χ0v) is 11.4. The normalized spacial score (nSPS) is 10.8. The second-order valence-electron chi connectivity index (χ2n) is 3.95. The van der Waals surface area contributed by atoms with Crippen molar-refractivity contribution in [1.82, 2.24) is 9.38 Å². The number of halogens is 1. The molecule has 2 heterocycles.